The standard InChI is InChI=1S/C14H26N4/c1-14(2,3)16-8-4-7-15-10-12-9-13(18-17-12)11-5-6-11/h9,11,15-16H,4-8,10H2,1-3H3,(H,17,18). The Morgan fingerprint density at radius 3 is 2.78 bits per heavy atom. The third-order valence-corrected chi connectivity index (χ3v) is 3.15. The molecule has 0 spiro atoms. The number of aromatic nitrogens is 2. The van der Waals surface area contributed by atoms with Crippen LogP contribution >= 0.6 is 0 Å². The zero-order valence-electron chi connectivity index (χ0n) is 11.8. The Bertz CT molecular complexity index is 360. The average molecular weight is 250 g/mol. The predicted molar refractivity (Wildman–Crippen MR) is 74.6 cm³/mol. The highest BCUT2D eigenvalue weighted by Gasteiger charge is 2.25. The molecule has 0 bridgehead atoms. The number of nitrogens with zero attached hydrogens (tertiary/aromatic N) is 1. The van der Waals surface area contributed by atoms with Crippen LogP contribution in [0.25, 0.3) is 0 Å². The topological polar surface area (TPSA) is 52.7 Å². The van der Waals surface area contributed by atoms with E-state index in [1.165, 1.54) is 24.2 Å². The summed E-state index contributed by atoms with van der Waals surface area (Å²) in [6.07, 6.45) is 3.78. The minimum Gasteiger partial charge on any atom is -0.312 e. The zero-order valence-corrected chi connectivity index (χ0v) is 11.8. The van der Waals surface area contributed by atoms with E-state index in [2.05, 4.69) is 47.7 Å². The molecular weight excluding hydrogens is 224 g/mol. The van der Waals surface area contributed by atoms with Gasteiger partial charge in [-0.05, 0) is 59.2 Å². The summed E-state index contributed by atoms with van der Waals surface area (Å²) >= 11 is 0. The first-order valence-electron chi connectivity index (χ1n) is 7.04. The Morgan fingerprint density at radius 1 is 1.33 bits per heavy atom. The first-order chi connectivity index (χ1) is 8.54. The van der Waals surface area contributed by atoms with E-state index < -0.39 is 0 Å². The van der Waals surface area contributed by atoms with Gasteiger partial charge in [-0.25, -0.2) is 0 Å². The maximum atomic E-state index is 4.35. The lowest BCUT2D eigenvalue weighted by Gasteiger charge is -2.20. The van der Waals surface area contributed by atoms with Crippen LogP contribution in [0.4, 0.5) is 0 Å². The van der Waals surface area contributed by atoms with E-state index in [0.717, 1.165) is 32.0 Å². The van der Waals surface area contributed by atoms with Crippen molar-refractivity contribution in [1.82, 2.24) is 20.8 Å². The molecule has 18 heavy (non-hydrogen) atoms. The minimum atomic E-state index is 0.225. The van der Waals surface area contributed by atoms with Crippen molar-refractivity contribution in [2.45, 2.75) is 58.0 Å². The molecule has 3 N–H and O–H groups in total. The average Bonchev–Trinajstić information content (AvgIpc) is 3.03. The maximum absolute atomic E-state index is 4.35. The summed E-state index contributed by atoms with van der Waals surface area (Å²) in [6, 6.07) is 2.21. The largest absolute Gasteiger partial charge is 0.312 e. The smallest absolute Gasteiger partial charge is 0.0656 e. The van der Waals surface area contributed by atoms with E-state index in [0.29, 0.717) is 0 Å². The van der Waals surface area contributed by atoms with E-state index in [-0.39, 0.29) is 5.54 Å². The van der Waals surface area contributed by atoms with Gasteiger partial charge in [-0.1, -0.05) is 0 Å². The fourth-order valence-corrected chi connectivity index (χ4v) is 1.96. The highest BCUT2D eigenvalue weighted by atomic mass is 15.1. The van der Waals surface area contributed by atoms with Crippen molar-refractivity contribution < 1.29 is 0 Å². The summed E-state index contributed by atoms with van der Waals surface area (Å²) in [6.45, 7) is 9.60. The van der Waals surface area contributed by atoms with Crippen molar-refractivity contribution in [2.75, 3.05) is 13.1 Å². The van der Waals surface area contributed by atoms with E-state index in [4.69, 9.17) is 0 Å². The van der Waals surface area contributed by atoms with Crippen molar-refractivity contribution in [3.8, 4) is 0 Å². The lowest BCUT2D eigenvalue weighted by atomic mass is 10.1. The lowest BCUT2D eigenvalue weighted by molar-refractivity contribution is 0.418. The van der Waals surface area contributed by atoms with Gasteiger partial charge in [-0.2, -0.15) is 5.10 Å². The molecule has 1 saturated carbocycles. The van der Waals surface area contributed by atoms with Gasteiger partial charge < -0.3 is 10.6 Å². The summed E-state index contributed by atoms with van der Waals surface area (Å²) in [5, 5.41) is 14.4. The van der Waals surface area contributed by atoms with Gasteiger partial charge in [0.15, 0.2) is 0 Å². The Labute approximate surface area is 110 Å². The SMILES string of the molecule is CC(C)(C)NCCCNCc1cc(C2CC2)n[nH]1. The summed E-state index contributed by atoms with van der Waals surface area (Å²) in [5.41, 5.74) is 2.68. The van der Waals surface area contributed by atoms with Crippen LogP contribution in [0.5, 0.6) is 0 Å². The van der Waals surface area contributed by atoms with E-state index in [1.54, 1.807) is 0 Å². The molecule has 4 nitrogen and oxygen atoms in total. The molecule has 102 valence electrons. The molecule has 0 saturated heterocycles. The summed E-state index contributed by atoms with van der Waals surface area (Å²) < 4.78 is 0. The Balaban J connectivity index is 1.54. The molecule has 0 aromatic carbocycles. The van der Waals surface area contributed by atoms with Gasteiger partial charge in [0.05, 0.1) is 5.69 Å². The molecule has 1 aliphatic rings. The Hall–Kier alpha value is -0.870. The molecule has 0 unspecified atom stereocenters. The van der Waals surface area contributed by atoms with Crippen LogP contribution in [-0.2, 0) is 6.54 Å². The van der Waals surface area contributed by atoms with Gasteiger partial charge >= 0.3 is 0 Å². The van der Waals surface area contributed by atoms with Crippen molar-refractivity contribution in [2.24, 2.45) is 0 Å². The van der Waals surface area contributed by atoms with Crippen LogP contribution in [0.15, 0.2) is 6.07 Å². The van der Waals surface area contributed by atoms with Gasteiger partial charge in [0.1, 0.15) is 0 Å². The highest BCUT2D eigenvalue weighted by molar-refractivity contribution is 5.17. The molecule has 0 radical (unpaired) electrons. The predicted octanol–water partition coefficient (Wildman–Crippen LogP) is 2.15. The van der Waals surface area contributed by atoms with Crippen molar-refractivity contribution >= 4 is 0 Å². The lowest BCUT2D eigenvalue weighted by Crippen LogP contribution is -2.37. The second-order valence-corrected chi connectivity index (χ2v) is 6.30. The van der Waals surface area contributed by atoms with E-state index in [9.17, 15) is 0 Å². The Morgan fingerprint density at radius 2 is 2.11 bits per heavy atom. The molecule has 1 aromatic heterocycles. The molecule has 1 fully saturated rings. The third kappa shape index (κ3) is 4.78. The molecule has 4 heteroatoms. The van der Waals surface area contributed by atoms with Crippen molar-refractivity contribution in [3.05, 3.63) is 17.5 Å². The normalized spacial score (nSPS) is 16.2. The van der Waals surface area contributed by atoms with Gasteiger partial charge in [0.2, 0.25) is 0 Å². The number of aromatic amines is 1. The van der Waals surface area contributed by atoms with Gasteiger partial charge in [-0.3, -0.25) is 5.10 Å². The quantitative estimate of drug-likeness (QED) is 0.650. The summed E-state index contributed by atoms with van der Waals surface area (Å²) in [4.78, 5) is 0. The zero-order chi connectivity index (χ0) is 13.0. The fraction of sp³-hybridized carbons (Fsp3) is 0.786. The number of nitrogens with one attached hydrogen (secondary N) is 3. The molecule has 1 aromatic rings. The fourth-order valence-electron chi connectivity index (χ4n) is 1.96. The second-order valence-electron chi connectivity index (χ2n) is 6.30. The third-order valence-electron chi connectivity index (χ3n) is 3.15. The second kappa shape index (κ2) is 5.85. The minimum absolute atomic E-state index is 0.225. The summed E-state index contributed by atoms with van der Waals surface area (Å²) in [5.74, 6) is 0.742. The number of H-pyrrole nitrogens is 1. The van der Waals surface area contributed by atoms with Crippen LogP contribution in [0, 0.1) is 0 Å². The number of hydrogen-bond acceptors (Lipinski definition) is 3. The van der Waals surface area contributed by atoms with Gasteiger partial charge in [-0.15, -0.1) is 0 Å². The highest BCUT2D eigenvalue weighted by Crippen LogP contribution is 2.38. The molecule has 0 amide bonds. The molecule has 0 aliphatic heterocycles. The van der Waals surface area contributed by atoms with Crippen molar-refractivity contribution in [3.63, 3.8) is 0 Å². The molecule has 2 rings (SSSR count). The first kappa shape index (κ1) is 13.6. The number of rotatable bonds is 7. The monoisotopic (exact) mass is 250 g/mol. The van der Waals surface area contributed by atoms with E-state index in [1.807, 2.05) is 0 Å². The van der Waals surface area contributed by atoms with Gasteiger partial charge in [0.25, 0.3) is 0 Å². The van der Waals surface area contributed by atoms with Crippen LogP contribution in [0.1, 0.15) is 57.3 Å². The maximum Gasteiger partial charge on any atom is 0.0656 e. The molecule has 1 heterocycles. The molecular formula is C14H26N4. The Kier molecular flexibility index (Phi) is 4.40. The van der Waals surface area contributed by atoms with Crippen molar-refractivity contribution in [1.29, 1.82) is 0 Å². The van der Waals surface area contributed by atoms with E-state index >= 15 is 0 Å². The molecule has 1 aliphatic carbocycles. The molecule has 0 atom stereocenters. The number of hydrogen-bond donors (Lipinski definition) is 3. The summed E-state index contributed by atoms with van der Waals surface area (Å²) in [7, 11) is 0. The first-order valence-corrected chi connectivity index (χ1v) is 7.04. The van der Waals surface area contributed by atoms with Crippen LogP contribution in [0.3, 0.4) is 0 Å². The van der Waals surface area contributed by atoms with Crippen LogP contribution in [0.2, 0.25) is 0 Å². The van der Waals surface area contributed by atoms with Crippen LogP contribution in [-0.4, -0.2) is 28.8 Å². The van der Waals surface area contributed by atoms with Gasteiger partial charge in [0, 0.05) is 23.7 Å². The van der Waals surface area contributed by atoms with Crippen LogP contribution < -0.4 is 10.6 Å².